The largest absolute Gasteiger partial charge is 0.497 e. The summed E-state index contributed by atoms with van der Waals surface area (Å²) < 4.78 is 7.13. The van der Waals surface area contributed by atoms with E-state index in [0.29, 0.717) is 12.1 Å². The lowest BCUT2D eigenvalue weighted by Crippen LogP contribution is -2.39. The predicted molar refractivity (Wildman–Crippen MR) is 132 cm³/mol. The summed E-state index contributed by atoms with van der Waals surface area (Å²) >= 11 is 0. The highest BCUT2D eigenvalue weighted by Gasteiger charge is 2.32. The molecule has 1 saturated heterocycles. The first kappa shape index (κ1) is 22.5. The molecule has 0 bridgehead atoms. The van der Waals surface area contributed by atoms with Crippen LogP contribution in [-0.2, 0) is 7.05 Å². The normalized spacial score (nSPS) is 15.7. The Kier molecular flexibility index (Phi) is 6.13. The van der Waals surface area contributed by atoms with Crippen molar-refractivity contribution in [3.05, 3.63) is 72.4 Å². The highest BCUT2D eigenvalue weighted by Crippen LogP contribution is 2.37. The number of rotatable bonds is 5. The van der Waals surface area contributed by atoms with Crippen LogP contribution in [-0.4, -0.2) is 49.2 Å². The molecule has 2 N–H and O–H groups in total. The van der Waals surface area contributed by atoms with Crippen LogP contribution in [0.5, 0.6) is 5.75 Å². The molecular weight excluding hydrogens is 442 g/mol. The van der Waals surface area contributed by atoms with E-state index in [2.05, 4.69) is 20.1 Å². The Morgan fingerprint density at radius 1 is 1.09 bits per heavy atom. The van der Waals surface area contributed by atoms with Crippen molar-refractivity contribution >= 4 is 11.9 Å². The van der Waals surface area contributed by atoms with Gasteiger partial charge >= 0.3 is 0 Å². The molecule has 1 aliphatic rings. The van der Waals surface area contributed by atoms with Crippen molar-refractivity contribution in [1.29, 1.82) is 0 Å². The third-order valence-corrected chi connectivity index (χ3v) is 6.31. The molecule has 1 atom stereocenters. The zero-order valence-electron chi connectivity index (χ0n) is 19.8. The molecule has 9 nitrogen and oxygen atoms in total. The van der Waals surface area contributed by atoms with Crippen molar-refractivity contribution in [3.8, 4) is 28.1 Å². The van der Waals surface area contributed by atoms with Crippen LogP contribution in [0, 0.1) is 0 Å². The van der Waals surface area contributed by atoms with Gasteiger partial charge in [-0.05, 0) is 49.1 Å². The number of nitrogens with zero attached hydrogens (tertiary/aromatic N) is 6. The second kappa shape index (κ2) is 9.54. The van der Waals surface area contributed by atoms with Crippen LogP contribution >= 0.6 is 0 Å². The molecule has 4 aromatic rings. The second-order valence-corrected chi connectivity index (χ2v) is 8.60. The Balaban J connectivity index is 1.48. The van der Waals surface area contributed by atoms with Gasteiger partial charge < -0.3 is 15.4 Å². The number of ether oxygens (including phenoxy) is 1. The predicted octanol–water partition coefficient (Wildman–Crippen LogP) is 3.90. The van der Waals surface area contributed by atoms with Crippen molar-refractivity contribution in [2.24, 2.45) is 7.05 Å². The molecule has 1 amide bonds. The molecule has 178 valence electrons. The molecular formula is C26H27N7O2. The van der Waals surface area contributed by atoms with Crippen LogP contribution in [0.3, 0.4) is 0 Å². The molecule has 1 aliphatic heterocycles. The van der Waals surface area contributed by atoms with Gasteiger partial charge in [0, 0.05) is 43.3 Å². The van der Waals surface area contributed by atoms with Gasteiger partial charge in [-0.2, -0.15) is 5.10 Å². The molecule has 9 heteroatoms. The van der Waals surface area contributed by atoms with Crippen molar-refractivity contribution in [2.45, 2.75) is 25.3 Å². The summed E-state index contributed by atoms with van der Waals surface area (Å²) in [6.07, 6.45) is 9.72. The number of anilines is 1. The van der Waals surface area contributed by atoms with Gasteiger partial charge in [-0.15, -0.1) is 0 Å². The summed E-state index contributed by atoms with van der Waals surface area (Å²) in [5.41, 5.74) is 10.7. The number of amides is 1. The van der Waals surface area contributed by atoms with E-state index in [0.717, 1.165) is 53.1 Å². The number of nitrogens with two attached hydrogens (primary N) is 1. The van der Waals surface area contributed by atoms with Crippen LogP contribution < -0.4 is 10.5 Å². The number of aryl methyl sites for hydroxylation is 1. The van der Waals surface area contributed by atoms with E-state index in [1.54, 1.807) is 30.4 Å². The first-order chi connectivity index (χ1) is 17.0. The van der Waals surface area contributed by atoms with E-state index in [-0.39, 0.29) is 17.9 Å². The molecule has 1 aromatic carbocycles. The van der Waals surface area contributed by atoms with Crippen molar-refractivity contribution in [3.63, 3.8) is 0 Å². The molecule has 0 saturated carbocycles. The van der Waals surface area contributed by atoms with Gasteiger partial charge in [0.05, 0.1) is 36.3 Å². The highest BCUT2D eigenvalue weighted by molar-refractivity contribution is 5.94. The van der Waals surface area contributed by atoms with Gasteiger partial charge in [0.1, 0.15) is 5.75 Å². The van der Waals surface area contributed by atoms with Gasteiger partial charge in [-0.25, -0.2) is 9.97 Å². The minimum Gasteiger partial charge on any atom is -0.497 e. The fraction of sp³-hybridized carbons (Fsp3) is 0.269. The molecule has 5 rings (SSSR count). The Bertz CT molecular complexity index is 1350. The minimum absolute atomic E-state index is 0.0753. The molecule has 3 aromatic heterocycles. The summed E-state index contributed by atoms with van der Waals surface area (Å²) in [6.45, 7) is 0.634. The molecule has 1 unspecified atom stereocenters. The van der Waals surface area contributed by atoms with E-state index in [1.807, 2.05) is 54.5 Å². The Labute approximate surface area is 203 Å². The number of piperidine rings is 1. The van der Waals surface area contributed by atoms with Gasteiger partial charge in [0.2, 0.25) is 5.95 Å². The summed E-state index contributed by atoms with van der Waals surface area (Å²) in [5, 5.41) is 4.19. The molecule has 0 spiro atoms. The number of methoxy groups -OCH3 is 1. The lowest BCUT2D eigenvalue weighted by molar-refractivity contribution is 0.0606. The first-order valence-electron chi connectivity index (χ1n) is 11.6. The second-order valence-electron chi connectivity index (χ2n) is 8.60. The summed E-state index contributed by atoms with van der Waals surface area (Å²) in [5.74, 6) is 0.849. The number of carbonyl (C=O) groups excluding carboxylic acids is 1. The third kappa shape index (κ3) is 4.57. The summed E-state index contributed by atoms with van der Waals surface area (Å²) in [4.78, 5) is 28.9. The Morgan fingerprint density at radius 3 is 2.71 bits per heavy atom. The zero-order chi connectivity index (χ0) is 24.4. The quantitative estimate of drug-likeness (QED) is 0.472. The minimum atomic E-state index is -0.222. The first-order valence-corrected chi connectivity index (χ1v) is 11.6. The van der Waals surface area contributed by atoms with Crippen LogP contribution in [0.2, 0.25) is 0 Å². The average molecular weight is 470 g/mol. The lowest BCUT2D eigenvalue weighted by Gasteiger charge is -2.36. The van der Waals surface area contributed by atoms with E-state index < -0.39 is 0 Å². The highest BCUT2D eigenvalue weighted by atomic mass is 16.5. The number of benzene rings is 1. The number of hydrogen-bond donors (Lipinski definition) is 1. The number of carbonyl (C=O) groups is 1. The number of likely N-dealkylation sites (tertiary alicyclic amines) is 1. The number of nitrogen functional groups attached to an aromatic ring is 1. The maximum atomic E-state index is 13.6. The zero-order valence-corrected chi connectivity index (χ0v) is 19.8. The third-order valence-electron chi connectivity index (χ3n) is 6.31. The van der Waals surface area contributed by atoms with Crippen LogP contribution in [0.1, 0.15) is 41.4 Å². The average Bonchev–Trinajstić information content (AvgIpc) is 3.34. The maximum Gasteiger partial charge on any atom is 0.255 e. The van der Waals surface area contributed by atoms with Gasteiger partial charge in [0.25, 0.3) is 5.91 Å². The summed E-state index contributed by atoms with van der Waals surface area (Å²) in [7, 11) is 3.49. The van der Waals surface area contributed by atoms with E-state index in [9.17, 15) is 4.79 Å². The lowest BCUT2D eigenvalue weighted by atomic mass is 9.93. The topological polar surface area (TPSA) is 112 Å². The van der Waals surface area contributed by atoms with Gasteiger partial charge in [0.15, 0.2) is 0 Å². The van der Waals surface area contributed by atoms with E-state index in [4.69, 9.17) is 10.5 Å². The van der Waals surface area contributed by atoms with Gasteiger partial charge in [-0.1, -0.05) is 12.1 Å². The van der Waals surface area contributed by atoms with Gasteiger partial charge in [-0.3, -0.25) is 14.5 Å². The van der Waals surface area contributed by atoms with E-state index >= 15 is 0 Å². The Hall–Kier alpha value is -4.27. The monoisotopic (exact) mass is 469 g/mol. The van der Waals surface area contributed by atoms with Crippen LogP contribution in [0.4, 0.5) is 5.95 Å². The van der Waals surface area contributed by atoms with Crippen LogP contribution in [0.25, 0.3) is 22.4 Å². The van der Waals surface area contributed by atoms with E-state index in [1.165, 1.54) is 0 Å². The standard InChI is InChI=1S/C26H27N7O2/c1-32-16-19(14-30-32)22-10-9-18(13-28-22)25(34)33-11-4-3-8-23(33)24-21(15-29-26(27)31-24)17-6-5-7-20(12-17)35-2/h5-7,9-10,12-16,23H,3-4,8,11H2,1-2H3,(H2,27,29,31). The fourth-order valence-corrected chi connectivity index (χ4v) is 4.55. The number of hydrogen-bond acceptors (Lipinski definition) is 7. The summed E-state index contributed by atoms with van der Waals surface area (Å²) in [6, 6.07) is 11.2. The van der Waals surface area contributed by atoms with Crippen molar-refractivity contribution in [2.75, 3.05) is 19.4 Å². The van der Waals surface area contributed by atoms with Crippen LogP contribution in [0.15, 0.2) is 61.2 Å². The molecule has 0 aliphatic carbocycles. The van der Waals surface area contributed by atoms with Crippen molar-refractivity contribution < 1.29 is 9.53 Å². The SMILES string of the molecule is COc1cccc(-c2cnc(N)nc2C2CCCCN2C(=O)c2ccc(-c3cnn(C)c3)nc2)c1. The smallest absolute Gasteiger partial charge is 0.255 e. The number of aromatic nitrogens is 5. The van der Waals surface area contributed by atoms with Crippen molar-refractivity contribution in [1.82, 2.24) is 29.6 Å². The molecule has 0 radical (unpaired) electrons. The molecule has 4 heterocycles. The number of pyridine rings is 1. The molecule has 1 fully saturated rings. The molecule has 35 heavy (non-hydrogen) atoms. The Morgan fingerprint density at radius 2 is 1.97 bits per heavy atom. The fourth-order valence-electron chi connectivity index (χ4n) is 4.55. The maximum absolute atomic E-state index is 13.6.